The monoisotopic (exact) mass is 1630 g/mol. The Bertz CT molecular complexity index is 9460. The van der Waals surface area contributed by atoms with Crippen molar-refractivity contribution < 1.29 is 13.3 Å². The number of benzene rings is 18. The summed E-state index contributed by atoms with van der Waals surface area (Å²) in [6, 6.07) is 126. The lowest BCUT2D eigenvalue weighted by Crippen LogP contribution is -2.04. The van der Waals surface area contributed by atoms with E-state index in [4.69, 9.17) is 43.2 Å². The van der Waals surface area contributed by atoms with E-state index in [0.29, 0.717) is 40.5 Å². The van der Waals surface area contributed by atoms with Gasteiger partial charge >= 0.3 is 0 Å². The van der Waals surface area contributed by atoms with Crippen molar-refractivity contribution >= 4 is 225 Å². The Morgan fingerprint density at radius 2 is 0.508 bits per heavy atom. The van der Waals surface area contributed by atoms with Crippen LogP contribution in [0.15, 0.2) is 365 Å². The second-order valence-electron chi connectivity index (χ2n) is 32.3. The van der Waals surface area contributed by atoms with E-state index >= 15 is 0 Å². The molecule has 0 atom stereocenters. The average Bonchev–Trinajstić information content (AvgIpc) is 1.55. The van der Waals surface area contributed by atoms with Crippen molar-refractivity contribution in [2.45, 2.75) is 0 Å². The molecule has 14 heteroatoms. The maximum Gasteiger partial charge on any atom is 0.166 e. The summed E-state index contributed by atoms with van der Waals surface area (Å²) in [5.74, 6) is 3.21. The van der Waals surface area contributed by atoms with Gasteiger partial charge in [0.05, 0.1) is 42.8 Å². The molecule has 10 heterocycles. The fraction of sp³-hybridized carbons (Fsp3) is 0. The van der Waals surface area contributed by atoms with Gasteiger partial charge in [0.15, 0.2) is 34.9 Å². The zero-order chi connectivity index (χ0) is 80.7. The molecule has 124 heavy (non-hydrogen) atoms. The number of fused-ring (bicyclic) bond motifs is 26. The Morgan fingerprint density at radius 1 is 0.185 bits per heavy atom. The maximum absolute atomic E-state index is 7.12. The van der Waals surface area contributed by atoms with Gasteiger partial charge in [0.1, 0.15) is 33.5 Å². The highest BCUT2D eigenvalue weighted by Gasteiger charge is 2.29. The molecule has 0 spiro atoms. The van der Waals surface area contributed by atoms with Crippen molar-refractivity contribution in [2.75, 3.05) is 0 Å². The van der Waals surface area contributed by atoms with Crippen molar-refractivity contribution in [1.29, 1.82) is 0 Å². The molecule has 18 aromatic carbocycles. The fourth-order valence-electron chi connectivity index (χ4n) is 19.6. The molecule has 0 saturated heterocycles. The number of hydrogen-bond donors (Lipinski definition) is 0. The van der Waals surface area contributed by atoms with Crippen LogP contribution in [0.25, 0.3) is 282 Å². The van der Waals surface area contributed by atoms with Crippen molar-refractivity contribution in [3.8, 4) is 90.8 Å². The number of para-hydroxylation sites is 4. The molecular formula is C110H58N8O3S3. The Hall–Kier alpha value is -15.8. The third kappa shape index (κ3) is 10.1. The molecule has 0 N–H and O–H groups in total. The SMILES string of the molecule is c1ccc2cc3c(cc2c1)c1ccccc1n3-c1c(-c2nc(-c3ccc4c(c3)oc3ccccc34)nc(-c3ccc4c(c3)oc3cc(-c5ccc6sc7c(-n8c9ccccc9c9cc%10ccccc%10cc98)c(-c8nc(-c9ccc%10c(c9)oc9ccccc9%10)nc(-c9ccc%10c(c9)sc9ccccc9%10)n8)ccc7c6c5)ccc34)n2)ccc2c1sc1ccccc12. The molecule has 0 aliphatic heterocycles. The van der Waals surface area contributed by atoms with Crippen LogP contribution in [0.5, 0.6) is 0 Å². The third-order valence-corrected chi connectivity index (χ3v) is 28.9. The first-order chi connectivity index (χ1) is 61.4. The number of furan rings is 3. The summed E-state index contributed by atoms with van der Waals surface area (Å²) >= 11 is 5.38. The predicted molar refractivity (Wildman–Crippen MR) is 515 cm³/mol. The normalized spacial score (nSPS) is 12.4. The van der Waals surface area contributed by atoms with Gasteiger partial charge in [0.25, 0.3) is 0 Å². The minimum Gasteiger partial charge on any atom is -0.456 e. The van der Waals surface area contributed by atoms with Gasteiger partial charge < -0.3 is 22.4 Å². The zero-order valence-corrected chi connectivity index (χ0v) is 68.0. The number of nitrogens with zero attached hydrogens (tertiary/aromatic N) is 8. The van der Waals surface area contributed by atoms with Crippen molar-refractivity contribution in [3.05, 3.63) is 352 Å². The number of aromatic nitrogens is 8. The molecule has 0 unspecified atom stereocenters. The smallest absolute Gasteiger partial charge is 0.166 e. The minimum absolute atomic E-state index is 0.502. The molecule has 28 rings (SSSR count). The first kappa shape index (κ1) is 68.0. The summed E-state index contributed by atoms with van der Waals surface area (Å²) in [4.78, 5) is 33.3. The summed E-state index contributed by atoms with van der Waals surface area (Å²) in [7, 11) is 0. The molecule has 574 valence electrons. The highest BCUT2D eigenvalue weighted by Crippen LogP contribution is 2.51. The van der Waals surface area contributed by atoms with E-state index < -0.39 is 0 Å². The minimum atomic E-state index is 0.502. The molecule has 0 amide bonds. The van der Waals surface area contributed by atoms with Crippen LogP contribution < -0.4 is 0 Å². The predicted octanol–water partition coefficient (Wildman–Crippen LogP) is 31.0. The summed E-state index contributed by atoms with van der Waals surface area (Å²) < 4.78 is 32.2. The Labute approximate surface area is 715 Å². The molecule has 0 radical (unpaired) electrons. The first-order valence-electron chi connectivity index (χ1n) is 41.4. The number of thiophene rings is 3. The molecule has 0 fully saturated rings. The Balaban J connectivity index is 0.611. The lowest BCUT2D eigenvalue weighted by molar-refractivity contribution is 0.668. The first-order valence-corrected chi connectivity index (χ1v) is 43.9. The summed E-state index contributed by atoms with van der Waals surface area (Å²) in [5, 5.41) is 22.5. The summed E-state index contributed by atoms with van der Waals surface area (Å²) in [6.07, 6.45) is 0. The van der Waals surface area contributed by atoms with Gasteiger partial charge in [-0.1, -0.05) is 212 Å². The van der Waals surface area contributed by atoms with Crippen molar-refractivity contribution in [1.82, 2.24) is 39.0 Å². The van der Waals surface area contributed by atoms with E-state index in [-0.39, 0.29) is 0 Å². The standard InChI is InChI=1S/C110H58N8O3S3/c1-3-19-61-52-89-84(49-59(61)17-1)69-21-5-11-27-87(69)117(89)101-82(46-44-80-78-26-10-16-32-98(78)123-103(80)101)109-113-105(65-34-40-73-71-23-7-13-29-91(71)119-94(73)55-65)111-106(114-109)67-36-42-76-75-39-33-64(54-93(75)121-96(76)57-67)63-38-48-99-86(51-63)81-45-47-83(102(104(81)124-99)118-88-28-12-6-22-70(88)85-50-60-18-2-4-20-62(60)53-90(85)118)110-115-107(66-35-41-74-72-24-8-14-30-92(72)120-95(74)56-66)112-108(116-110)68-37-43-79-77-25-9-15-31-97(77)122-100(79)58-68/h1-58H. The molecule has 28 aromatic rings. The molecule has 10 aromatic heterocycles. The number of hydrogen-bond acceptors (Lipinski definition) is 12. The van der Waals surface area contributed by atoms with E-state index in [1.807, 2.05) is 30.3 Å². The van der Waals surface area contributed by atoms with Gasteiger partial charge in [-0.2, -0.15) is 0 Å². The Morgan fingerprint density at radius 3 is 1.01 bits per heavy atom. The van der Waals surface area contributed by atoms with Crippen LogP contribution >= 0.6 is 34.0 Å². The summed E-state index contributed by atoms with van der Waals surface area (Å²) in [5.41, 5.74) is 18.1. The quantitative estimate of drug-likeness (QED) is 0.139. The summed E-state index contributed by atoms with van der Waals surface area (Å²) in [6.45, 7) is 0. The van der Waals surface area contributed by atoms with E-state index in [9.17, 15) is 0 Å². The van der Waals surface area contributed by atoms with Crippen LogP contribution in [0.1, 0.15) is 0 Å². The van der Waals surface area contributed by atoms with Crippen LogP contribution in [0.2, 0.25) is 0 Å². The average molecular weight is 1640 g/mol. The lowest BCUT2D eigenvalue weighted by Gasteiger charge is -2.16. The highest BCUT2D eigenvalue weighted by molar-refractivity contribution is 7.27. The maximum atomic E-state index is 7.12. The molecule has 0 bridgehead atoms. The van der Waals surface area contributed by atoms with E-state index in [1.165, 1.54) is 41.7 Å². The molecular weight excluding hydrogens is 1580 g/mol. The zero-order valence-electron chi connectivity index (χ0n) is 65.5. The third-order valence-electron chi connectivity index (χ3n) is 25.4. The van der Waals surface area contributed by atoms with E-state index in [1.54, 1.807) is 34.0 Å². The van der Waals surface area contributed by atoms with Crippen LogP contribution in [0, 0.1) is 0 Å². The topological polar surface area (TPSA) is 127 Å². The molecule has 11 nitrogen and oxygen atoms in total. The van der Waals surface area contributed by atoms with Crippen molar-refractivity contribution in [2.24, 2.45) is 0 Å². The van der Waals surface area contributed by atoms with Gasteiger partial charge in [-0.25, -0.2) is 29.9 Å². The number of rotatable bonds is 9. The van der Waals surface area contributed by atoms with Gasteiger partial charge in [0, 0.05) is 138 Å². The van der Waals surface area contributed by atoms with Gasteiger partial charge in [-0.05, 0) is 172 Å². The fourth-order valence-corrected chi connectivity index (χ4v) is 23.2. The highest BCUT2D eigenvalue weighted by atomic mass is 32.1. The van der Waals surface area contributed by atoms with Crippen LogP contribution in [-0.2, 0) is 0 Å². The van der Waals surface area contributed by atoms with E-state index in [0.717, 1.165) is 200 Å². The Kier molecular flexibility index (Phi) is 14.2. The van der Waals surface area contributed by atoms with Crippen LogP contribution in [0.3, 0.4) is 0 Å². The van der Waals surface area contributed by atoms with Crippen molar-refractivity contribution in [3.63, 3.8) is 0 Å². The van der Waals surface area contributed by atoms with Gasteiger partial charge in [0.2, 0.25) is 0 Å². The van der Waals surface area contributed by atoms with Crippen LogP contribution in [0.4, 0.5) is 0 Å². The van der Waals surface area contributed by atoms with Crippen LogP contribution in [-0.4, -0.2) is 39.0 Å². The largest absolute Gasteiger partial charge is 0.456 e. The van der Waals surface area contributed by atoms with E-state index in [2.05, 4.69) is 331 Å². The second kappa shape index (κ2) is 25.8. The lowest BCUT2D eigenvalue weighted by atomic mass is 10.00. The molecule has 0 aliphatic carbocycles. The molecule has 0 saturated carbocycles. The van der Waals surface area contributed by atoms with Gasteiger partial charge in [-0.3, -0.25) is 0 Å². The van der Waals surface area contributed by atoms with Gasteiger partial charge in [-0.15, -0.1) is 34.0 Å². The second-order valence-corrected chi connectivity index (χ2v) is 35.5. The molecule has 0 aliphatic rings.